The molecule has 0 amide bonds. The number of hydrogen-bond donors (Lipinski definition) is 2. The van der Waals surface area contributed by atoms with Gasteiger partial charge in [-0.2, -0.15) is 0 Å². The predicted molar refractivity (Wildman–Crippen MR) is 68.2 cm³/mol. The Bertz CT molecular complexity index is 433. The third-order valence-electron chi connectivity index (χ3n) is 3.54. The van der Waals surface area contributed by atoms with Crippen molar-refractivity contribution < 1.29 is 0 Å². The Kier molecular flexibility index (Phi) is 3.94. The number of nitrogens with one attached hydrogen (secondary N) is 1. The molecule has 4 heteroatoms. The fraction of sp³-hybridized carbons (Fsp3) is 0.692. The number of aryl methyl sites for hydroxylation is 1. The highest BCUT2D eigenvalue weighted by molar-refractivity contribution is 5.23. The largest absolute Gasteiger partial charge is 0.330 e. The molecule has 0 saturated heterocycles. The molecule has 0 spiro atoms. The molecule has 0 atom stereocenters. The Morgan fingerprint density at radius 3 is 2.76 bits per heavy atom. The van der Waals surface area contributed by atoms with Crippen molar-refractivity contribution in [1.82, 2.24) is 9.97 Å². The summed E-state index contributed by atoms with van der Waals surface area (Å²) in [5.41, 5.74) is 7.47. The van der Waals surface area contributed by atoms with Gasteiger partial charge in [0.25, 0.3) is 5.56 Å². The van der Waals surface area contributed by atoms with Gasteiger partial charge in [0.1, 0.15) is 5.82 Å². The van der Waals surface area contributed by atoms with Crippen molar-refractivity contribution in [2.45, 2.75) is 51.4 Å². The van der Waals surface area contributed by atoms with Gasteiger partial charge in [-0.25, -0.2) is 4.98 Å². The summed E-state index contributed by atoms with van der Waals surface area (Å²) in [7, 11) is 0. The van der Waals surface area contributed by atoms with Crippen LogP contribution in [0.1, 0.15) is 55.1 Å². The minimum absolute atomic E-state index is 0.0350. The second-order valence-electron chi connectivity index (χ2n) is 4.89. The van der Waals surface area contributed by atoms with Crippen LogP contribution in [-0.2, 0) is 6.42 Å². The molecule has 1 aromatic heterocycles. The smallest absolute Gasteiger partial charge is 0.254 e. The molecule has 4 nitrogen and oxygen atoms in total. The predicted octanol–water partition coefficient (Wildman–Crippen LogP) is 1.63. The molecule has 1 aliphatic carbocycles. The summed E-state index contributed by atoms with van der Waals surface area (Å²) in [6.45, 7) is 2.48. The van der Waals surface area contributed by atoms with Gasteiger partial charge in [0, 0.05) is 11.5 Å². The Morgan fingerprint density at radius 2 is 2.12 bits per heavy atom. The van der Waals surface area contributed by atoms with Crippen molar-refractivity contribution in [1.29, 1.82) is 0 Å². The standard InChI is InChI=1S/C13H21N3O/c1-9-15-12(10-5-2-3-6-10)11(7-4-8-14)13(17)16-9/h10H,2-8,14H2,1H3,(H,15,16,17). The topological polar surface area (TPSA) is 71.8 Å². The monoisotopic (exact) mass is 235 g/mol. The van der Waals surface area contributed by atoms with E-state index in [1.165, 1.54) is 25.7 Å². The van der Waals surface area contributed by atoms with Crippen molar-refractivity contribution in [2.24, 2.45) is 5.73 Å². The summed E-state index contributed by atoms with van der Waals surface area (Å²) in [6, 6.07) is 0. The summed E-state index contributed by atoms with van der Waals surface area (Å²) in [6.07, 6.45) is 6.47. The zero-order valence-electron chi connectivity index (χ0n) is 10.5. The minimum atomic E-state index is 0.0350. The molecule has 1 aromatic rings. The third kappa shape index (κ3) is 2.75. The van der Waals surface area contributed by atoms with Gasteiger partial charge < -0.3 is 10.7 Å². The van der Waals surface area contributed by atoms with E-state index in [0.29, 0.717) is 12.5 Å². The van der Waals surface area contributed by atoms with Crippen molar-refractivity contribution in [3.63, 3.8) is 0 Å². The first-order chi connectivity index (χ1) is 8.22. The summed E-state index contributed by atoms with van der Waals surface area (Å²) in [5, 5.41) is 0. The number of aromatic nitrogens is 2. The molecule has 17 heavy (non-hydrogen) atoms. The maximum absolute atomic E-state index is 12.0. The average molecular weight is 235 g/mol. The van der Waals surface area contributed by atoms with Crippen LogP contribution in [0.4, 0.5) is 0 Å². The van der Waals surface area contributed by atoms with Gasteiger partial charge in [0.2, 0.25) is 0 Å². The van der Waals surface area contributed by atoms with Gasteiger partial charge in [0.15, 0.2) is 0 Å². The van der Waals surface area contributed by atoms with Gasteiger partial charge in [-0.15, -0.1) is 0 Å². The molecule has 0 radical (unpaired) electrons. The van der Waals surface area contributed by atoms with E-state index in [0.717, 1.165) is 29.9 Å². The van der Waals surface area contributed by atoms with E-state index in [1.54, 1.807) is 0 Å². The Morgan fingerprint density at radius 1 is 1.41 bits per heavy atom. The van der Waals surface area contributed by atoms with E-state index in [9.17, 15) is 4.79 Å². The van der Waals surface area contributed by atoms with Crippen LogP contribution in [0.2, 0.25) is 0 Å². The summed E-state index contributed by atoms with van der Waals surface area (Å²) in [5.74, 6) is 1.22. The van der Waals surface area contributed by atoms with Crippen molar-refractivity contribution in [3.05, 3.63) is 27.4 Å². The highest BCUT2D eigenvalue weighted by Crippen LogP contribution is 2.34. The molecule has 0 aliphatic heterocycles. The van der Waals surface area contributed by atoms with Crippen LogP contribution in [0, 0.1) is 6.92 Å². The Labute approximate surface area is 102 Å². The second kappa shape index (κ2) is 5.45. The zero-order valence-corrected chi connectivity index (χ0v) is 10.5. The number of nitrogens with two attached hydrogens (primary N) is 1. The van der Waals surface area contributed by atoms with Crippen LogP contribution in [0.5, 0.6) is 0 Å². The van der Waals surface area contributed by atoms with E-state index in [4.69, 9.17) is 5.73 Å². The first-order valence-corrected chi connectivity index (χ1v) is 6.52. The lowest BCUT2D eigenvalue weighted by Crippen LogP contribution is -2.21. The first kappa shape index (κ1) is 12.3. The summed E-state index contributed by atoms with van der Waals surface area (Å²) >= 11 is 0. The number of nitrogens with zero attached hydrogens (tertiary/aromatic N) is 1. The first-order valence-electron chi connectivity index (χ1n) is 6.52. The molecule has 1 aliphatic rings. The zero-order chi connectivity index (χ0) is 12.3. The van der Waals surface area contributed by atoms with E-state index >= 15 is 0 Å². The van der Waals surface area contributed by atoms with Crippen molar-refractivity contribution in [2.75, 3.05) is 6.54 Å². The molecule has 1 fully saturated rings. The van der Waals surface area contributed by atoms with Crippen LogP contribution >= 0.6 is 0 Å². The molecular formula is C13H21N3O. The van der Waals surface area contributed by atoms with E-state index < -0.39 is 0 Å². The molecule has 94 valence electrons. The van der Waals surface area contributed by atoms with Crippen LogP contribution in [0.3, 0.4) is 0 Å². The fourth-order valence-electron chi connectivity index (χ4n) is 2.69. The lowest BCUT2D eigenvalue weighted by atomic mass is 9.97. The highest BCUT2D eigenvalue weighted by atomic mass is 16.1. The van der Waals surface area contributed by atoms with Crippen LogP contribution in [0.15, 0.2) is 4.79 Å². The molecule has 1 saturated carbocycles. The molecule has 0 unspecified atom stereocenters. The highest BCUT2D eigenvalue weighted by Gasteiger charge is 2.23. The summed E-state index contributed by atoms with van der Waals surface area (Å²) < 4.78 is 0. The SMILES string of the molecule is Cc1nc(C2CCCC2)c(CCCN)c(=O)[nH]1. The van der Waals surface area contributed by atoms with Crippen molar-refractivity contribution in [3.8, 4) is 0 Å². The molecule has 0 aromatic carbocycles. The lowest BCUT2D eigenvalue weighted by Gasteiger charge is -2.14. The van der Waals surface area contributed by atoms with Gasteiger partial charge in [-0.1, -0.05) is 12.8 Å². The second-order valence-corrected chi connectivity index (χ2v) is 4.89. The summed E-state index contributed by atoms with van der Waals surface area (Å²) in [4.78, 5) is 19.4. The number of rotatable bonds is 4. The van der Waals surface area contributed by atoms with Crippen LogP contribution in [-0.4, -0.2) is 16.5 Å². The Hall–Kier alpha value is -1.16. The molecular weight excluding hydrogens is 214 g/mol. The molecule has 2 rings (SSSR count). The van der Waals surface area contributed by atoms with E-state index in [1.807, 2.05) is 6.92 Å². The molecule has 3 N–H and O–H groups in total. The van der Waals surface area contributed by atoms with Gasteiger partial charge >= 0.3 is 0 Å². The molecule has 1 heterocycles. The minimum Gasteiger partial charge on any atom is -0.330 e. The van der Waals surface area contributed by atoms with Crippen LogP contribution in [0.25, 0.3) is 0 Å². The van der Waals surface area contributed by atoms with Gasteiger partial charge in [-0.05, 0) is 39.2 Å². The fourth-order valence-corrected chi connectivity index (χ4v) is 2.69. The van der Waals surface area contributed by atoms with Crippen LogP contribution < -0.4 is 11.3 Å². The quantitative estimate of drug-likeness (QED) is 0.833. The van der Waals surface area contributed by atoms with E-state index in [-0.39, 0.29) is 5.56 Å². The normalized spacial score (nSPS) is 16.6. The molecule has 0 bridgehead atoms. The van der Waals surface area contributed by atoms with Gasteiger partial charge in [0.05, 0.1) is 5.69 Å². The maximum Gasteiger partial charge on any atom is 0.254 e. The van der Waals surface area contributed by atoms with E-state index in [2.05, 4.69) is 9.97 Å². The number of aromatic amines is 1. The average Bonchev–Trinajstić information content (AvgIpc) is 2.80. The number of H-pyrrole nitrogens is 1. The van der Waals surface area contributed by atoms with Gasteiger partial charge in [-0.3, -0.25) is 4.79 Å². The van der Waals surface area contributed by atoms with Crippen molar-refractivity contribution >= 4 is 0 Å². The number of hydrogen-bond acceptors (Lipinski definition) is 3. The lowest BCUT2D eigenvalue weighted by molar-refractivity contribution is 0.662. The maximum atomic E-state index is 12.0. The third-order valence-corrected chi connectivity index (χ3v) is 3.54. The Balaban J connectivity index is 2.35.